The number of para-hydroxylation sites is 1. The zero-order chi connectivity index (χ0) is 23.7. The van der Waals surface area contributed by atoms with Crippen LogP contribution in [0.5, 0.6) is 0 Å². The third-order valence-corrected chi connectivity index (χ3v) is 6.24. The van der Waals surface area contributed by atoms with Crippen molar-refractivity contribution in [2.75, 3.05) is 5.32 Å². The summed E-state index contributed by atoms with van der Waals surface area (Å²) in [7, 11) is 0. The fourth-order valence-electron chi connectivity index (χ4n) is 3.12. The Morgan fingerprint density at radius 1 is 1.21 bits per heavy atom. The van der Waals surface area contributed by atoms with Gasteiger partial charge < -0.3 is 10.1 Å². The Morgan fingerprint density at radius 3 is 2.64 bits per heavy atom. The Balaban J connectivity index is 1.51. The smallest absolute Gasteiger partial charge is 0.349 e. The van der Waals surface area contributed by atoms with E-state index in [4.69, 9.17) is 16.3 Å². The first-order valence-corrected chi connectivity index (χ1v) is 10.9. The van der Waals surface area contributed by atoms with E-state index < -0.39 is 22.9 Å². The average molecular weight is 485 g/mol. The molecule has 11 heteroatoms. The number of hydrogen-bond donors (Lipinski definition) is 1. The molecule has 1 atom stereocenters. The van der Waals surface area contributed by atoms with E-state index in [0.717, 1.165) is 27.7 Å². The van der Waals surface area contributed by atoms with Crippen molar-refractivity contribution in [1.82, 2.24) is 9.78 Å². The number of non-ortho nitro benzene ring substituents is 1. The normalized spacial score (nSPS) is 11.8. The molecule has 0 aliphatic rings. The van der Waals surface area contributed by atoms with Gasteiger partial charge in [0.1, 0.15) is 9.71 Å². The molecular weight excluding hydrogens is 468 g/mol. The summed E-state index contributed by atoms with van der Waals surface area (Å²) in [6.07, 6.45) is -1.16. The number of carbonyl (C=O) groups is 2. The number of halogens is 1. The molecule has 0 radical (unpaired) electrons. The largest absolute Gasteiger partial charge is 0.448 e. The summed E-state index contributed by atoms with van der Waals surface area (Å²) < 4.78 is 7.08. The highest BCUT2D eigenvalue weighted by Gasteiger charge is 2.23. The van der Waals surface area contributed by atoms with Gasteiger partial charge in [-0.05, 0) is 38.1 Å². The third-order valence-electron chi connectivity index (χ3n) is 4.82. The van der Waals surface area contributed by atoms with Gasteiger partial charge in [0.25, 0.3) is 11.6 Å². The number of rotatable bonds is 6. The maximum absolute atomic E-state index is 12.7. The van der Waals surface area contributed by atoms with Crippen LogP contribution in [0.25, 0.3) is 15.9 Å². The first kappa shape index (κ1) is 22.4. The van der Waals surface area contributed by atoms with E-state index >= 15 is 0 Å². The Morgan fingerprint density at radius 2 is 1.94 bits per heavy atom. The highest BCUT2D eigenvalue weighted by atomic mass is 35.5. The lowest BCUT2D eigenvalue weighted by atomic mass is 10.2. The fraction of sp³-hybridized carbons (Fsp3) is 0.136. The molecule has 0 saturated carbocycles. The third kappa shape index (κ3) is 4.57. The number of benzene rings is 2. The molecule has 0 fully saturated rings. The van der Waals surface area contributed by atoms with Gasteiger partial charge in [0.05, 0.1) is 27.0 Å². The number of anilines is 1. The molecule has 9 nitrogen and oxygen atoms in total. The Kier molecular flexibility index (Phi) is 6.12. The van der Waals surface area contributed by atoms with Crippen LogP contribution in [-0.2, 0) is 9.53 Å². The van der Waals surface area contributed by atoms with Gasteiger partial charge in [-0.25, -0.2) is 9.48 Å². The van der Waals surface area contributed by atoms with Gasteiger partial charge in [-0.3, -0.25) is 14.9 Å². The predicted molar refractivity (Wildman–Crippen MR) is 125 cm³/mol. The lowest BCUT2D eigenvalue weighted by molar-refractivity contribution is -0.384. The van der Waals surface area contributed by atoms with Gasteiger partial charge in [-0.15, -0.1) is 11.3 Å². The number of thiophene rings is 1. The van der Waals surface area contributed by atoms with Crippen molar-refractivity contribution in [2.45, 2.75) is 20.0 Å². The highest BCUT2D eigenvalue weighted by Crippen LogP contribution is 2.31. The van der Waals surface area contributed by atoms with Gasteiger partial charge in [-0.2, -0.15) is 5.10 Å². The Bertz CT molecular complexity index is 1380. The first-order chi connectivity index (χ1) is 15.7. The number of nitrogens with one attached hydrogen (secondary N) is 1. The maximum Gasteiger partial charge on any atom is 0.349 e. The molecule has 33 heavy (non-hydrogen) atoms. The molecule has 0 saturated heterocycles. The van der Waals surface area contributed by atoms with Crippen molar-refractivity contribution < 1.29 is 19.2 Å². The van der Waals surface area contributed by atoms with Gasteiger partial charge in [-0.1, -0.05) is 29.8 Å². The van der Waals surface area contributed by atoms with E-state index in [1.807, 2.05) is 37.3 Å². The van der Waals surface area contributed by atoms with E-state index in [2.05, 4.69) is 10.4 Å². The van der Waals surface area contributed by atoms with E-state index in [-0.39, 0.29) is 16.4 Å². The molecule has 1 N–H and O–H groups in total. The molecule has 2 heterocycles. The summed E-state index contributed by atoms with van der Waals surface area (Å²) in [4.78, 5) is 36.7. The summed E-state index contributed by atoms with van der Waals surface area (Å²) in [5, 5.41) is 18.9. The lowest BCUT2D eigenvalue weighted by Gasteiger charge is -2.13. The molecule has 168 valence electrons. The number of ether oxygens (including phenoxy) is 1. The van der Waals surface area contributed by atoms with Crippen molar-refractivity contribution in [3.05, 3.63) is 80.3 Å². The summed E-state index contributed by atoms with van der Waals surface area (Å²) in [6.45, 7) is 3.26. The van der Waals surface area contributed by atoms with Crippen LogP contribution in [0.15, 0.2) is 54.6 Å². The van der Waals surface area contributed by atoms with Crippen LogP contribution in [0, 0.1) is 17.0 Å². The highest BCUT2D eigenvalue weighted by molar-refractivity contribution is 7.20. The van der Waals surface area contributed by atoms with E-state index in [1.54, 1.807) is 10.7 Å². The molecule has 0 bridgehead atoms. The first-order valence-electron chi connectivity index (χ1n) is 9.75. The summed E-state index contributed by atoms with van der Waals surface area (Å²) in [6, 6.07) is 14.9. The molecule has 1 amide bonds. The number of nitrogens with zero attached hydrogens (tertiary/aromatic N) is 3. The number of carbonyl (C=O) groups excluding carboxylic acids is 2. The monoisotopic (exact) mass is 484 g/mol. The van der Waals surface area contributed by atoms with E-state index in [0.29, 0.717) is 4.88 Å². The number of nitro benzene ring substituents is 1. The predicted octanol–water partition coefficient (Wildman–Crippen LogP) is 5.14. The Hall–Kier alpha value is -3.76. The van der Waals surface area contributed by atoms with Crippen molar-refractivity contribution in [3.8, 4) is 5.69 Å². The number of esters is 1. The van der Waals surface area contributed by atoms with Crippen LogP contribution in [0.3, 0.4) is 0 Å². The van der Waals surface area contributed by atoms with Gasteiger partial charge in [0.2, 0.25) is 0 Å². The van der Waals surface area contributed by atoms with E-state index in [9.17, 15) is 19.7 Å². The summed E-state index contributed by atoms with van der Waals surface area (Å²) >= 11 is 7.22. The molecule has 1 unspecified atom stereocenters. The number of fused-ring (bicyclic) bond motifs is 1. The van der Waals surface area contributed by atoms with Crippen molar-refractivity contribution in [1.29, 1.82) is 0 Å². The SMILES string of the molecule is Cc1nn(-c2ccccc2)c2sc(C(=O)OC(C)C(=O)Nc3cc([N+](=O)[O-])ccc3Cl)cc12. The number of aromatic nitrogens is 2. The molecule has 0 spiro atoms. The minimum absolute atomic E-state index is 0.0548. The molecular formula is C22H17ClN4O5S. The molecule has 2 aromatic heterocycles. The van der Waals surface area contributed by atoms with Crippen LogP contribution in [0.2, 0.25) is 5.02 Å². The van der Waals surface area contributed by atoms with Crippen molar-refractivity contribution in [2.24, 2.45) is 0 Å². The van der Waals surface area contributed by atoms with E-state index in [1.165, 1.54) is 30.4 Å². The van der Waals surface area contributed by atoms with Crippen LogP contribution >= 0.6 is 22.9 Å². The number of nitro groups is 1. The van der Waals surface area contributed by atoms with Gasteiger partial charge in [0.15, 0.2) is 6.10 Å². The van der Waals surface area contributed by atoms with Crippen LogP contribution in [0.1, 0.15) is 22.3 Å². The van der Waals surface area contributed by atoms with Crippen LogP contribution in [-0.4, -0.2) is 32.7 Å². The zero-order valence-corrected chi connectivity index (χ0v) is 19.0. The second-order valence-corrected chi connectivity index (χ2v) is 8.56. The second-order valence-electron chi connectivity index (χ2n) is 7.12. The summed E-state index contributed by atoms with van der Waals surface area (Å²) in [5.41, 5.74) is 1.45. The summed E-state index contributed by atoms with van der Waals surface area (Å²) in [5.74, 6) is -1.33. The maximum atomic E-state index is 12.7. The molecule has 4 aromatic rings. The van der Waals surface area contributed by atoms with Gasteiger partial charge in [0, 0.05) is 17.5 Å². The zero-order valence-electron chi connectivity index (χ0n) is 17.4. The van der Waals surface area contributed by atoms with Gasteiger partial charge >= 0.3 is 5.97 Å². The van der Waals surface area contributed by atoms with Crippen LogP contribution < -0.4 is 5.32 Å². The minimum atomic E-state index is -1.16. The number of amides is 1. The molecule has 2 aromatic carbocycles. The second kappa shape index (κ2) is 9.00. The van der Waals surface area contributed by atoms with Crippen molar-refractivity contribution in [3.63, 3.8) is 0 Å². The van der Waals surface area contributed by atoms with Crippen molar-refractivity contribution >= 4 is 56.4 Å². The van der Waals surface area contributed by atoms with Crippen LogP contribution in [0.4, 0.5) is 11.4 Å². The standard InChI is InChI=1S/C22H17ClN4O5S/c1-12-16-11-19(33-21(16)26(25-12)14-6-4-3-5-7-14)22(29)32-13(2)20(28)24-18-10-15(27(30)31)8-9-17(18)23/h3-11,13H,1-2H3,(H,24,28). The Labute approximate surface area is 196 Å². The fourth-order valence-corrected chi connectivity index (χ4v) is 4.35. The average Bonchev–Trinajstić information content (AvgIpc) is 3.36. The number of aryl methyl sites for hydroxylation is 1. The quantitative estimate of drug-likeness (QED) is 0.230. The molecule has 0 aliphatic carbocycles. The lowest BCUT2D eigenvalue weighted by Crippen LogP contribution is -2.29. The molecule has 0 aliphatic heterocycles. The topological polar surface area (TPSA) is 116 Å². The molecule has 4 rings (SSSR count). The minimum Gasteiger partial charge on any atom is -0.448 e. The number of hydrogen-bond acceptors (Lipinski definition) is 7.